The van der Waals surface area contributed by atoms with Gasteiger partial charge in [0.15, 0.2) is 5.82 Å². The molecule has 0 aliphatic rings. The molecule has 1 N–H and O–H groups in total. The minimum absolute atomic E-state index is 0.0386. The van der Waals surface area contributed by atoms with E-state index in [0.29, 0.717) is 6.54 Å². The highest BCUT2D eigenvalue weighted by atomic mass is 35.5. The number of halogens is 3. The van der Waals surface area contributed by atoms with Crippen molar-refractivity contribution < 1.29 is 8.78 Å². The third-order valence-electron chi connectivity index (χ3n) is 2.50. The van der Waals surface area contributed by atoms with Crippen LogP contribution in [0.1, 0.15) is 5.69 Å². The second-order valence-electron chi connectivity index (χ2n) is 3.71. The van der Waals surface area contributed by atoms with E-state index in [9.17, 15) is 8.78 Å². The quantitative estimate of drug-likeness (QED) is 0.888. The van der Waals surface area contributed by atoms with Gasteiger partial charge in [0.05, 0.1) is 17.3 Å². The first-order valence-corrected chi connectivity index (χ1v) is 5.44. The average Bonchev–Trinajstić information content (AvgIpc) is 2.62. The summed E-state index contributed by atoms with van der Waals surface area (Å²) in [5.41, 5.74) is 1.10. The van der Waals surface area contributed by atoms with Crippen molar-refractivity contribution in [1.82, 2.24) is 4.57 Å². The molecule has 0 fully saturated rings. The van der Waals surface area contributed by atoms with E-state index in [1.54, 1.807) is 0 Å². The smallest absolute Gasteiger partial charge is 0.150 e. The largest absolute Gasteiger partial charge is 0.376 e. The summed E-state index contributed by atoms with van der Waals surface area (Å²) in [6, 6.07) is 5.68. The summed E-state index contributed by atoms with van der Waals surface area (Å²) >= 11 is 5.77. The van der Waals surface area contributed by atoms with Crippen LogP contribution in [-0.2, 0) is 13.6 Å². The Morgan fingerprint density at radius 1 is 1.35 bits per heavy atom. The zero-order chi connectivity index (χ0) is 12.4. The molecule has 0 radical (unpaired) electrons. The fourth-order valence-electron chi connectivity index (χ4n) is 1.57. The van der Waals surface area contributed by atoms with Crippen molar-refractivity contribution in [3.63, 3.8) is 0 Å². The number of aryl methyl sites for hydroxylation is 1. The Hall–Kier alpha value is -1.55. The highest BCUT2D eigenvalue weighted by Crippen LogP contribution is 2.26. The van der Waals surface area contributed by atoms with Crippen molar-refractivity contribution >= 4 is 17.3 Å². The number of benzene rings is 1. The number of hydrogen-bond donors (Lipinski definition) is 1. The third kappa shape index (κ3) is 2.58. The molecule has 5 heteroatoms. The molecule has 2 rings (SSSR count). The first-order chi connectivity index (χ1) is 8.08. The average molecular weight is 257 g/mol. The summed E-state index contributed by atoms with van der Waals surface area (Å²) in [4.78, 5) is 0. The van der Waals surface area contributed by atoms with Crippen LogP contribution < -0.4 is 5.32 Å². The van der Waals surface area contributed by atoms with E-state index in [4.69, 9.17) is 11.6 Å². The van der Waals surface area contributed by atoms with Gasteiger partial charge in [-0.15, -0.1) is 0 Å². The van der Waals surface area contributed by atoms with Gasteiger partial charge in [0.1, 0.15) is 5.82 Å². The lowest BCUT2D eigenvalue weighted by molar-refractivity contribution is 0.585. The third-order valence-corrected chi connectivity index (χ3v) is 2.80. The Bertz CT molecular complexity index is 514. The maximum atomic E-state index is 13.4. The molecule has 17 heavy (non-hydrogen) atoms. The molecule has 1 heterocycles. The Kier molecular flexibility index (Phi) is 3.33. The lowest BCUT2D eigenvalue weighted by Crippen LogP contribution is -2.06. The molecule has 2 aromatic rings. The van der Waals surface area contributed by atoms with E-state index in [1.165, 1.54) is 0 Å². The predicted molar refractivity (Wildman–Crippen MR) is 64.1 cm³/mol. The molecule has 0 saturated carbocycles. The highest BCUT2D eigenvalue weighted by Gasteiger charge is 2.09. The van der Waals surface area contributed by atoms with Gasteiger partial charge >= 0.3 is 0 Å². The molecule has 1 aromatic carbocycles. The van der Waals surface area contributed by atoms with Gasteiger partial charge in [-0.1, -0.05) is 11.6 Å². The van der Waals surface area contributed by atoms with Gasteiger partial charge in [-0.25, -0.2) is 8.78 Å². The van der Waals surface area contributed by atoms with Crippen molar-refractivity contribution in [1.29, 1.82) is 0 Å². The minimum Gasteiger partial charge on any atom is -0.376 e. The van der Waals surface area contributed by atoms with Gasteiger partial charge < -0.3 is 9.88 Å². The predicted octanol–water partition coefficient (Wildman–Crippen LogP) is 3.57. The maximum absolute atomic E-state index is 13.4. The molecular weight excluding hydrogens is 246 g/mol. The maximum Gasteiger partial charge on any atom is 0.150 e. The van der Waals surface area contributed by atoms with Crippen molar-refractivity contribution in [2.45, 2.75) is 6.54 Å². The molecule has 0 spiro atoms. The van der Waals surface area contributed by atoms with E-state index < -0.39 is 11.6 Å². The van der Waals surface area contributed by atoms with Crippen molar-refractivity contribution in [3.05, 3.63) is 52.8 Å². The first kappa shape index (κ1) is 11.9. The molecule has 0 amide bonds. The van der Waals surface area contributed by atoms with Crippen LogP contribution in [0.5, 0.6) is 0 Å². The standard InChI is InChI=1S/C12H11ClF2N2/c1-17-4-2-3-9(17)7-16-12-10(13)5-8(14)6-11(12)15/h2-6,16H,7H2,1H3. The Balaban J connectivity index is 2.17. The van der Waals surface area contributed by atoms with Crippen molar-refractivity contribution in [3.8, 4) is 0 Å². The molecular formula is C12H11ClF2N2. The summed E-state index contributed by atoms with van der Waals surface area (Å²) in [7, 11) is 1.89. The van der Waals surface area contributed by atoms with Gasteiger partial charge in [-0.2, -0.15) is 0 Å². The second kappa shape index (κ2) is 4.75. The van der Waals surface area contributed by atoms with E-state index in [2.05, 4.69) is 5.32 Å². The summed E-state index contributed by atoms with van der Waals surface area (Å²) in [5, 5.41) is 2.90. The van der Waals surface area contributed by atoms with Gasteiger partial charge in [0, 0.05) is 25.0 Å². The fraction of sp³-hybridized carbons (Fsp3) is 0.167. The SMILES string of the molecule is Cn1cccc1CNc1c(F)cc(F)cc1Cl. The topological polar surface area (TPSA) is 17.0 Å². The van der Waals surface area contributed by atoms with Crippen molar-refractivity contribution in [2.75, 3.05) is 5.32 Å². The van der Waals surface area contributed by atoms with Crippen LogP contribution in [0.4, 0.5) is 14.5 Å². The summed E-state index contributed by atoms with van der Waals surface area (Å²) < 4.78 is 28.2. The molecule has 0 bridgehead atoms. The summed E-state index contributed by atoms with van der Waals surface area (Å²) in [5.74, 6) is -1.37. The van der Waals surface area contributed by atoms with Crippen LogP contribution in [0.25, 0.3) is 0 Å². The van der Waals surface area contributed by atoms with Crippen LogP contribution >= 0.6 is 11.6 Å². The van der Waals surface area contributed by atoms with Crippen molar-refractivity contribution in [2.24, 2.45) is 7.05 Å². The van der Waals surface area contributed by atoms with E-state index in [0.717, 1.165) is 17.8 Å². The van der Waals surface area contributed by atoms with Gasteiger partial charge in [0.2, 0.25) is 0 Å². The minimum atomic E-state index is -0.691. The zero-order valence-corrected chi connectivity index (χ0v) is 9.93. The lowest BCUT2D eigenvalue weighted by Gasteiger charge is -2.10. The Morgan fingerprint density at radius 3 is 2.71 bits per heavy atom. The molecule has 1 aromatic heterocycles. The monoisotopic (exact) mass is 256 g/mol. The van der Waals surface area contributed by atoms with E-state index in [1.807, 2.05) is 29.9 Å². The summed E-state index contributed by atoms with van der Waals surface area (Å²) in [6.07, 6.45) is 1.89. The molecule has 0 atom stereocenters. The van der Waals surface area contributed by atoms with Crippen LogP contribution in [0, 0.1) is 11.6 Å². The second-order valence-corrected chi connectivity index (χ2v) is 4.12. The molecule has 0 unspecified atom stereocenters. The number of rotatable bonds is 3. The molecule has 0 aliphatic carbocycles. The lowest BCUT2D eigenvalue weighted by atomic mass is 10.3. The van der Waals surface area contributed by atoms with Crippen LogP contribution in [0.2, 0.25) is 5.02 Å². The number of hydrogen-bond acceptors (Lipinski definition) is 1. The normalized spacial score (nSPS) is 10.6. The fourth-order valence-corrected chi connectivity index (χ4v) is 1.83. The number of anilines is 1. The summed E-state index contributed by atoms with van der Waals surface area (Å²) in [6.45, 7) is 0.422. The van der Waals surface area contributed by atoms with E-state index in [-0.39, 0.29) is 10.7 Å². The number of aromatic nitrogens is 1. The van der Waals surface area contributed by atoms with Crippen LogP contribution in [0.3, 0.4) is 0 Å². The number of nitrogens with zero attached hydrogens (tertiary/aromatic N) is 1. The highest BCUT2D eigenvalue weighted by molar-refractivity contribution is 6.33. The molecule has 90 valence electrons. The van der Waals surface area contributed by atoms with Crippen LogP contribution in [-0.4, -0.2) is 4.57 Å². The van der Waals surface area contributed by atoms with Gasteiger partial charge in [-0.05, 0) is 18.2 Å². The zero-order valence-electron chi connectivity index (χ0n) is 9.17. The molecule has 0 saturated heterocycles. The molecule has 0 aliphatic heterocycles. The van der Waals surface area contributed by atoms with Crippen LogP contribution in [0.15, 0.2) is 30.5 Å². The molecule has 2 nitrogen and oxygen atoms in total. The number of nitrogens with one attached hydrogen (secondary N) is 1. The van der Waals surface area contributed by atoms with Gasteiger partial charge in [0.25, 0.3) is 0 Å². The Morgan fingerprint density at radius 2 is 2.12 bits per heavy atom. The first-order valence-electron chi connectivity index (χ1n) is 5.06. The Labute approximate surface area is 103 Å². The van der Waals surface area contributed by atoms with Gasteiger partial charge in [-0.3, -0.25) is 0 Å². The van der Waals surface area contributed by atoms with E-state index >= 15 is 0 Å².